The molecule has 1 aliphatic rings. The van der Waals surface area contributed by atoms with E-state index in [0.717, 1.165) is 19.4 Å². The molecular formula is C25H28N2O3S. The van der Waals surface area contributed by atoms with E-state index in [9.17, 15) is 9.59 Å². The van der Waals surface area contributed by atoms with E-state index in [-0.39, 0.29) is 28.6 Å². The number of fused-ring (bicyclic) bond motifs is 1. The Hall–Kier alpha value is -2.44. The number of nitrogens with zero attached hydrogens (tertiary/aromatic N) is 2. The number of Topliss-reactive ketones (excluding diaryl/α,β-unsaturated/α-hetero) is 1. The molecule has 1 saturated heterocycles. The van der Waals surface area contributed by atoms with Gasteiger partial charge in [0.2, 0.25) is 0 Å². The van der Waals surface area contributed by atoms with Crippen molar-refractivity contribution in [3.8, 4) is 0 Å². The number of ether oxygens (including phenoxy) is 1. The predicted octanol–water partition coefficient (Wildman–Crippen LogP) is 4.85. The summed E-state index contributed by atoms with van der Waals surface area (Å²) in [5.41, 5.74) is 2.49. The molecule has 1 fully saturated rings. The molecule has 4 rings (SSSR count). The van der Waals surface area contributed by atoms with E-state index in [0.29, 0.717) is 28.2 Å². The van der Waals surface area contributed by atoms with Gasteiger partial charge in [-0.25, -0.2) is 4.98 Å². The number of ketones is 1. The quantitative estimate of drug-likeness (QED) is 0.314. The zero-order valence-corrected chi connectivity index (χ0v) is 19.1. The molecule has 0 saturated carbocycles. The minimum absolute atomic E-state index is 0.0145. The Labute approximate surface area is 186 Å². The fourth-order valence-corrected chi connectivity index (χ4v) is 4.68. The van der Waals surface area contributed by atoms with E-state index in [1.54, 1.807) is 10.6 Å². The highest BCUT2D eigenvalue weighted by molar-refractivity contribution is 7.99. The molecule has 162 valence electrons. The minimum atomic E-state index is -0.0782. The van der Waals surface area contributed by atoms with Crippen molar-refractivity contribution in [2.24, 2.45) is 0 Å². The third-order valence-electron chi connectivity index (χ3n) is 5.64. The second kappa shape index (κ2) is 8.97. The summed E-state index contributed by atoms with van der Waals surface area (Å²) >= 11 is 1.32. The van der Waals surface area contributed by atoms with E-state index >= 15 is 0 Å². The number of hydrogen-bond acceptors (Lipinski definition) is 5. The summed E-state index contributed by atoms with van der Waals surface area (Å²) < 4.78 is 7.43. The summed E-state index contributed by atoms with van der Waals surface area (Å²) in [4.78, 5) is 30.7. The van der Waals surface area contributed by atoms with Gasteiger partial charge in [0.15, 0.2) is 10.9 Å². The van der Waals surface area contributed by atoms with Crippen LogP contribution in [0.3, 0.4) is 0 Å². The van der Waals surface area contributed by atoms with Gasteiger partial charge in [-0.1, -0.05) is 68.9 Å². The van der Waals surface area contributed by atoms with Crippen LogP contribution in [0.15, 0.2) is 58.5 Å². The Morgan fingerprint density at radius 1 is 1.16 bits per heavy atom. The number of aromatic nitrogens is 2. The smallest absolute Gasteiger partial charge is 0.262 e. The molecule has 5 nitrogen and oxygen atoms in total. The maximum atomic E-state index is 13.2. The van der Waals surface area contributed by atoms with Crippen molar-refractivity contribution in [2.75, 3.05) is 12.4 Å². The van der Waals surface area contributed by atoms with Crippen molar-refractivity contribution in [2.45, 2.75) is 56.8 Å². The van der Waals surface area contributed by atoms with Crippen molar-refractivity contribution in [1.29, 1.82) is 0 Å². The molecule has 0 aliphatic carbocycles. The lowest BCUT2D eigenvalue weighted by Gasteiger charge is -2.19. The lowest BCUT2D eigenvalue weighted by atomic mass is 9.86. The largest absolute Gasteiger partial charge is 0.376 e. The summed E-state index contributed by atoms with van der Waals surface area (Å²) in [6, 6.07) is 15.2. The van der Waals surface area contributed by atoms with Crippen LogP contribution < -0.4 is 5.56 Å². The van der Waals surface area contributed by atoms with Gasteiger partial charge < -0.3 is 4.74 Å². The molecule has 2 aromatic carbocycles. The molecule has 3 aromatic rings. The van der Waals surface area contributed by atoms with Crippen molar-refractivity contribution >= 4 is 28.4 Å². The highest BCUT2D eigenvalue weighted by Crippen LogP contribution is 2.24. The molecule has 0 radical (unpaired) electrons. The molecule has 0 N–H and O–H groups in total. The molecule has 1 aliphatic heterocycles. The SMILES string of the molecule is CC(C)(C)c1ccc(C(=O)CSc2nc3ccccc3c(=O)n2CC2CCCO2)cc1. The van der Waals surface area contributed by atoms with Crippen molar-refractivity contribution in [3.63, 3.8) is 0 Å². The molecule has 2 heterocycles. The first-order valence-electron chi connectivity index (χ1n) is 10.7. The molecule has 1 atom stereocenters. The third kappa shape index (κ3) is 4.91. The Morgan fingerprint density at radius 2 is 1.90 bits per heavy atom. The molecule has 0 amide bonds. The summed E-state index contributed by atoms with van der Waals surface area (Å²) in [6.07, 6.45) is 1.95. The number of rotatable bonds is 6. The number of carbonyl (C=O) groups excluding carboxylic acids is 1. The second-order valence-corrected chi connectivity index (χ2v) is 9.94. The first-order chi connectivity index (χ1) is 14.8. The Bertz CT molecular complexity index is 1140. The van der Waals surface area contributed by atoms with Gasteiger partial charge in [0.25, 0.3) is 5.56 Å². The van der Waals surface area contributed by atoms with Gasteiger partial charge in [0.05, 0.1) is 29.3 Å². The van der Waals surface area contributed by atoms with Crippen molar-refractivity contribution in [1.82, 2.24) is 9.55 Å². The van der Waals surface area contributed by atoms with Gasteiger partial charge in [0, 0.05) is 12.2 Å². The highest BCUT2D eigenvalue weighted by Gasteiger charge is 2.21. The topological polar surface area (TPSA) is 61.2 Å². The average Bonchev–Trinajstić information content (AvgIpc) is 3.27. The number of para-hydroxylation sites is 1. The summed E-state index contributed by atoms with van der Waals surface area (Å²) in [7, 11) is 0. The van der Waals surface area contributed by atoms with Gasteiger partial charge in [-0.2, -0.15) is 0 Å². The van der Waals surface area contributed by atoms with Crippen LogP contribution in [-0.2, 0) is 16.7 Å². The molecule has 1 aromatic heterocycles. The molecular weight excluding hydrogens is 408 g/mol. The fourth-order valence-electron chi connectivity index (χ4n) is 3.78. The lowest BCUT2D eigenvalue weighted by Crippen LogP contribution is -2.29. The van der Waals surface area contributed by atoms with Crippen LogP contribution in [0.25, 0.3) is 10.9 Å². The van der Waals surface area contributed by atoms with Crippen molar-refractivity contribution < 1.29 is 9.53 Å². The van der Waals surface area contributed by atoms with Crippen LogP contribution in [0.4, 0.5) is 0 Å². The van der Waals surface area contributed by atoms with E-state index < -0.39 is 0 Å². The van der Waals surface area contributed by atoms with Gasteiger partial charge in [-0.3, -0.25) is 14.2 Å². The van der Waals surface area contributed by atoms with Crippen LogP contribution in [-0.4, -0.2) is 33.8 Å². The zero-order chi connectivity index (χ0) is 22.0. The predicted molar refractivity (Wildman–Crippen MR) is 125 cm³/mol. The van der Waals surface area contributed by atoms with E-state index in [4.69, 9.17) is 9.72 Å². The number of thioether (sulfide) groups is 1. The van der Waals surface area contributed by atoms with Gasteiger partial charge >= 0.3 is 0 Å². The Kier molecular flexibility index (Phi) is 6.30. The highest BCUT2D eigenvalue weighted by atomic mass is 32.2. The number of carbonyl (C=O) groups is 1. The lowest BCUT2D eigenvalue weighted by molar-refractivity contribution is 0.0937. The molecule has 0 bridgehead atoms. The van der Waals surface area contributed by atoms with Crippen LogP contribution >= 0.6 is 11.8 Å². The summed E-state index contributed by atoms with van der Waals surface area (Å²) in [5, 5.41) is 1.16. The molecule has 6 heteroatoms. The van der Waals surface area contributed by atoms with Crippen LogP contribution in [0.1, 0.15) is 49.5 Å². The first kappa shape index (κ1) is 21.8. The fraction of sp³-hybridized carbons (Fsp3) is 0.400. The average molecular weight is 437 g/mol. The molecule has 0 spiro atoms. The van der Waals surface area contributed by atoms with Gasteiger partial charge in [-0.05, 0) is 36.0 Å². The minimum Gasteiger partial charge on any atom is -0.376 e. The molecule has 1 unspecified atom stereocenters. The van der Waals surface area contributed by atoms with E-state index in [2.05, 4.69) is 20.8 Å². The molecule has 31 heavy (non-hydrogen) atoms. The van der Waals surface area contributed by atoms with E-state index in [1.807, 2.05) is 42.5 Å². The van der Waals surface area contributed by atoms with Gasteiger partial charge in [-0.15, -0.1) is 0 Å². The monoisotopic (exact) mass is 436 g/mol. The Morgan fingerprint density at radius 3 is 2.58 bits per heavy atom. The normalized spacial score (nSPS) is 16.7. The maximum absolute atomic E-state index is 13.2. The van der Waals surface area contributed by atoms with Crippen LogP contribution in [0.5, 0.6) is 0 Å². The van der Waals surface area contributed by atoms with Crippen LogP contribution in [0.2, 0.25) is 0 Å². The Balaban J connectivity index is 1.58. The number of hydrogen-bond donors (Lipinski definition) is 0. The standard InChI is InChI=1S/C25H28N2O3S/c1-25(2,3)18-12-10-17(11-13-18)22(28)16-31-24-26-21-9-5-4-8-20(21)23(29)27(24)15-19-7-6-14-30-19/h4-5,8-13,19H,6-7,14-16H2,1-3H3. The zero-order valence-electron chi connectivity index (χ0n) is 18.3. The van der Waals surface area contributed by atoms with Crippen molar-refractivity contribution in [3.05, 3.63) is 70.0 Å². The van der Waals surface area contributed by atoms with Gasteiger partial charge in [0.1, 0.15) is 0 Å². The first-order valence-corrected chi connectivity index (χ1v) is 11.7. The second-order valence-electron chi connectivity index (χ2n) is 9.00. The third-order valence-corrected chi connectivity index (χ3v) is 6.62. The van der Waals surface area contributed by atoms with E-state index in [1.165, 1.54) is 17.3 Å². The summed E-state index contributed by atoms with van der Waals surface area (Å²) in [5.74, 6) is 0.252. The number of benzene rings is 2. The van der Waals surface area contributed by atoms with Crippen LogP contribution in [0, 0.1) is 0 Å². The maximum Gasteiger partial charge on any atom is 0.262 e. The summed E-state index contributed by atoms with van der Waals surface area (Å²) in [6.45, 7) is 7.65.